The first kappa shape index (κ1) is 13.4. The van der Waals surface area contributed by atoms with Crippen LogP contribution in [-0.2, 0) is 6.54 Å². The lowest BCUT2D eigenvalue weighted by Crippen LogP contribution is -2.08. The number of nitro benzene ring substituents is 1. The molecule has 1 aromatic carbocycles. The Bertz CT molecular complexity index is 557. The highest BCUT2D eigenvalue weighted by atomic mass is 35.5. The van der Waals surface area contributed by atoms with Gasteiger partial charge < -0.3 is 5.32 Å². The number of nitro groups is 1. The van der Waals surface area contributed by atoms with Crippen LogP contribution in [0.2, 0.25) is 5.02 Å². The van der Waals surface area contributed by atoms with Crippen molar-refractivity contribution in [1.82, 2.24) is 9.78 Å². The normalized spacial score (nSPS) is 10.4. The van der Waals surface area contributed by atoms with Crippen LogP contribution >= 0.6 is 11.6 Å². The molecule has 100 valence electrons. The van der Waals surface area contributed by atoms with Crippen molar-refractivity contribution in [2.24, 2.45) is 0 Å². The Labute approximate surface area is 115 Å². The Morgan fingerprint density at radius 2 is 2.26 bits per heavy atom. The number of aromatic nitrogens is 2. The number of benzene rings is 1. The summed E-state index contributed by atoms with van der Waals surface area (Å²) >= 11 is 5.97. The summed E-state index contributed by atoms with van der Waals surface area (Å²) in [6, 6.07) is 6.48. The molecule has 2 rings (SSSR count). The SMILES string of the molecule is O=[N+]([O-])c1cccc(Cl)c1NCCCn1cccn1. The van der Waals surface area contributed by atoms with Crippen molar-refractivity contribution in [3.05, 3.63) is 51.8 Å². The van der Waals surface area contributed by atoms with Gasteiger partial charge >= 0.3 is 0 Å². The molecule has 0 saturated carbocycles. The first-order valence-electron chi connectivity index (χ1n) is 5.82. The molecule has 1 heterocycles. The van der Waals surface area contributed by atoms with Crippen LogP contribution in [0.4, 0.5) is 11.4 Å². The van der Waals surface area contributed by atoms with Crippen molar-refractivity contribution in [2.75, 3.05) is 11.9 Å². The van der Waals surface area contributed by atoms with Crippen LogP contribution < -0.4 is 5.32 Å². The van der Waals surface area contributed by atoms with Crippen LogP contribution in [0.3, 0.4) is 0 Å². The largest absolute Gasteiger partial charge is 0.378 e. The van der Waals surface area contributed by atoms with E-state index in [4.69, 9.17) is 11.6 Å². The second-order valence-electron chi connectivity index (χ2n) is 3.94. The highest BCUT2D eigenvalue weighted by molar-refractivity contribution is 6.33. The van der Waals surface area contributed by atoms with Gasteiger partial charge in [-0.2, -0.15) is 5.10 Å². The molecular formula is C12H13ClN4O2. The van der Waals surface area contributed by atoms with Gasteiger partial charge in [0.2, 0.25) is 0 Å². The van der Waals surface area contributed by atoms with Crippen molar-refractivity contribution in [3.63, 3.8) is 0 Å². The third-order valence-electron chi connectivity index (χ3n) is 2.61. The molecule has 0 radical (unpaired) electrons. The molecule has 1 aromatic heterocycles. The second kappa shape index (κ2) is 6.19. The lowest BCUT2D eigenvalue weighted by molar-refractivity contribution is -0.383. The number of rotatable bonds is 6. The first-order valence-corrected chi connectivity index (χ1v) is 6.20. The van der Waals surface area contributed by atoms with Crippen molar-refractivity contribution >= 4 is 23.0 Å². The van der Waals surface area contributed by atoms with Gasteiger partial charge in [0.1, 0.15) is 5.69 Å². The van der Waals surface area contributed by atoms with Gasteiger partial charge in [-0.15, -0.1) is 0 Å². The Morgan fingerprint density at radius 1 is 1.42 bits per heavy atom. The van der Waals surface area contributed by atoms with E-state index in [-0.39, 0.29) is 5.69 Å². The molecule has 1 N–H and O–H groups in total. The highest BCUT2D eigenvalue weighted by Gasteiger charge is 2.15. The molecular weight excluding hydrogens is 268 g/mol. The lowest BCUT2D eigenvalue weighted by Gasteiger charge is -2.08. The average Bonchev–Trinajstić information content (AvgIpc) is 2.88. The number of hydrogen-bond donors (Lipinski definition) is 1. The van der Waals surface area contributed by atoms with Gasteiger partial charge in [-0.3, -0.25) is 14.8 Å². The molecule has 0 aliphatic heterocycles. The summed E-state index contributed by atoms with van der Waals surface area (Å²) in [6.45, 7) is 1.34. The first-order chi connectivity index (χ1) is 9.18. The van der Waals surface area contributed by atoms with Crippen LogP contribution in [0.5, 0.6) is 0 Å². The van der Waals surface area contributed by atoms with Gasteiger partial charge in [0.05, 0.1) is 9.95 Å². The standard InChI is InChI=1S/C12H13ClN4O2/c13-10-4-1-5-11(17(18)19)12(10)14-6-2-8-16-9-3-7-15-16/h1,3-5,7,9,14H,2,6,8H2. The molecule has 0 atom stereocenters. The fraction of sp³-hybridized carbons (Fsp3) is 0.250. The minimum Gasteiger partial charge on any atom is -0.378 e. The maximum atomic E-state index is 10.9. The number of para-hydroxylation sites is 1. The molecule has 19 heavy (non-hydrogen) atoms. The Morgan fingerprint density at radius 3 is 2.95 bits per heavy atom. The van der Waals surface area contributed by atoms with E-state index >= 15 is 0 Å². The minimum atomic E-state index is -0.443. The fourth-order valence-electron chi connectivity index (χ4n) is 1.73. The zero-order valence-electron chi connectivity index (χ0n) is 10.1. The van der Waals surface area contributed by atoms with Gasteiger partial charge in [-0.1, -0.05) is 17.7 Å². The molecule has 0 amide bonds. The fourth-order valence-corrected chi connectivity index (χ4v) is 1.96. The molecule has 7 heteroatoms. The number of nitrogens with zero attached hydrogens (tertiary/aromatic N) is 3. The molecule has 0 aliphatic carbocycles. The average molecular weight is 281 g/mol. The summed E-state index contributed by atoms with van der Waals surface area (Å²) in [5.41, 5.74) is 0.362. The quantitative estimate of drug-likeness (QED) is 0.501. The monoisotopic (exact) mass is 280 g/mol. The van der Waals surface area contributed by atoms with E-state index < -0.39 is 4.92 Å². The zero-order chi connectivity index (χ0) is 13.7. The van der Waals surface area contributed by atoms with Crippen LogP contribution in [0.15, 0.2) is 36.7 Å². The second-order valence-corrected chi connectivity index (χ2v) is 4.35. The van der Waals surface area contributed by atoms with E-state index in [0.29, 0.717) is 17.3 Å². The molecule has 0 bridgehead atoms. The molecule has 0 unspecified atom stereocenters. The minimum absolute atomic E-state index is 0.00779. The molecule has 0 spiro atoms. The van der Waals surface area contributed by atoms with E-state index in [1.807, 2.05) is 16.9 Å². The van der Waals surface area contributed by atoms with E-state index in [9.17, 15) is 10.1 Å². The van der Waals surface area contributed by atoms with Crippen LogP contribution in [0.1, 0.15) is 6.42 Å². The highest BCUT2D eigenvalue weighted by Crippen LogP contribution is 2.31. The Kier molecular flexibility index (Phi) is 4.35. The Balaban J connectivity index is 1.93. The molecule has 0 saturated heterocycles. The van der Waals surface area contributed by atoms with Gasteiger partial charge in [0.15, 0.2) is 0 Å². The van der Waals surface area contributed by atoms with Crippen molar-refractivity contribution in [2.45, 2.75) is 13.0 Å². The van der Waals surface area contributed by atoms with E-state index in [1.54, 1.807) is 18.3 Å². The predicted molar refractivity (Wildman–Crippen MR) is 73.4 cm³/mol. The van der Waals surface area contributed by atoms with E-state index in [2.05, 4.69) is 10.4 Å². The maximum Gasteiger partial charge on any atom is 0.293 e. The number of hydrogen-bond acceptors (Lipinski definition) is 4. The molecule has 2 aromatic rings. The lowest BCUT2D eigenvalue weighted by atomic mass is 10.2. The van der Waals surface area contributed by atoms with Gasteiger partial charge in [0, 0.05) is 31.5 Å². The molecule has 0 aliphatic rings. The smallest absolute Gasteiger partial charge is 0.293 e. The number of anilines is 1. The number of halogens is 1. The summed E-state index contributed by atoms with van der Waals surface area (Å²) in [5, 5.41) is 18.3. The molecule has 0 fully saturated rings. The summed E-state index contributed by atoms with van der Waals surface area (Å²) in [4.78, 5) is 10.4. The van der Waals surface area contributed by atoms with E-state index in [1.165, 1.54) is 6.07 Å². The van der Waals surface area contributed by atoms with Crippen LogP contribution in [0.25, 0.3) is 0 Å². The van der Waals surface area contributed by atoms with Crippen molar-refractivity contribution in [3.8, 4) is 0 Å². The van der Waals surface area contributed by atoms with Crippen molar-refractivity contribution in [1.29, 1.82) is 0 Å². The number of nitrogens with one attached hydrogen (secondary N) is 1. The third-order valence-corrected chi connectivity index (χ3v) is 2.93. The summed E-state index contributed by atoms with van der Waals surface area (Å²) in [6.07, 6.45) is 4.38. The van der Waals surface area contributed by atoms with Gasteiger partial charge in [-0.25, -0.2) is 0 Å². The van der Waals surface area contributed by atoms with Gasteiger partial charge in [0.25, 0.3) is 5.69 Å². The van der Waals surface area contributed by atoms with Crippen LogP contribution in [-0.4, -0.2) is 21.2 Å². The predicted octanol–water partition coefficient (Wildman–Crippen LogP) is 2.95. The number of aryl methyl sites for hydroxylation is 1. The topological polar surface area (TPSA) is 73.0 Å². The van der Waals surface area contributed by atoms with E-state index in [0.717, 1.165) is 13.0 Å². The third kappa shape index (κ3) is 3.45. The van der Waals surface area contributed by atoms with Gasteiger partial charge in [-0.05, 0) is 18.6 Å². The van der Waals surface area contributed by atoms with Crippen molar-refractivity contribution < 1.29 is 4.92 Å². The molecule has 6 nitrogen and oxygen atoms in total. The Hall–Kier alpha value is -2.08. The summed E-state index contributed by atoms with van der Waals surface area (Å²) in [7, 11) is 0. The van der Waals surface area contributed by atoms with Crippen LogP contribution in [0, 0.1) is 10.1 Å². The summed E-state index contributed by atoms with van der Waals surface area (Å²) in [5.74, 6) is 0. The zero-order valence-corrected chi connectivity index (χ0v) is 10.9. The summed E-state index contributed by atoms with van der Waals surface area (Å²) < 4.78 is 1.81. The maximum absolute atomic E-state index is 10.9.